The SMILES string of the molecule is COc1cc2nc(CCn3c(=O)n4n(c3=O)[C@@H]3C[C@H]5C(=O)C(C)=CC(=O)[C@@]5(C)[C@@H](c5c(O)cccc5OC)C3=CC4)c(=O)n(C)c2cc1OC. The number of aromatic hydroxyl groups is 1. The fourth-order valence-corrected chi connectivity index (χ4v) is 8.18. The lowest BCUT2D eigenvalue weighted by Crippen LogP contribution is -2.54. The summed E-state index contributed by atoms with van der Waals surface area (Å²) in [5.41, 5.74) is -0.464. The number of ether oxygens (including phenoxy) is 3. The van der Waals surface area contributed by atoms with Crippen LogP contribution in [0.4, 0.5) is 0 Å². The first kappa shape index (κ1) is 32.9. The van der Waals surface area contributed by atoms with Crippen molar-refractivity contribution in [3.05, 3.63) is 96.2 Å². The lowest BCUT2D eigenvalue weighted by atomic mass is 9.51. The van der Waals surface area contributed by atoms with E-state index in [1.807, 2.05) is 0 Å². The van der Waals surface area contributed by atoms with Crippen LogP contribution < -0.4 is 31.1 Å². The molecule has 0 radical (unpaired) electrons. The number of aryl methyl sites for hydroxylation is 2. The molecule has 50 heavy (non-hydrogen) atoms. The molecule has 4 aromatic rings. The van der Waals surface area contributed by atoms with E-state index in [0.29, 0.717) is 45.0 Å². The number of phenolic OH excluding ortho intramolecular Hbond substituents is 1. The molecule has 0 bridgehead atoms. The zero-order valence-electron chi connectivity index (χ0n) is 28.6. The van der Waals surface area contributed by atoms with Crippen LogP contribution in [0.5, 0.6) is 23.0 Å². The maximum atomic E-state index is 14.2. The number of ketones is 2. The molecule has 1 fully saturated rings. The second-order valence-electron chi connectivity index (χ2n) is 13.2. The summed E-state index contributed by atoms with van der Waals surface area (Å²) in [5, 5.41) is 11.2. The van der Waals surface area contributed by atoms with Crippen LogP contribution in [-0.2, 0) is 36.1 Å². The average Bonchev–Trinajstić information content (AvgIpc) is 3.35. The van der Waals surface area contributed by atoms with Gasteiger partial charge in [0.25, 0.3) is 5.56 Å². The van der Waals surface area contributed by atoms with Crippen molar-refractivity contribution >= 4 is 22.6 Å². The molecule has 2 aromatic heterocycles. The first-order chi connectivity index (χ1) is 23.9. The van der Waals surface area contributed by atoms with Crippen molar-refractivity contribution in [2.75, 3.05) is 21.3 Å². The van der Waals surface area contributed by atoms with E-state index in [1.165, 1.54) is 47.4 Å². The predicted molar refractivity (Wildman–Crippen MR) is 181 cm³/mol. The maximum Gasteiger partial charge on any atom is 0.347 e. The fourth-order valence-electron chi connectivity index (χ4n) is 8.18. The van der Waals surface area contributed by atoms with Crippen molar-refractivity contribution < 1.29 is 28.9 Å². The quantitative estimate of drug-likeness (QED) is 0.286. The number of hydrogen-bond donors (Lipinski definition) is 1. The number of benzene rings is 2. The lowest BCUT2D eigenvalue weighted by Gasteiger charge is -2.52. The Kier molecular flexibility index (Phi) is 7.72. The Morgan fingerprint density at radius 1 is 0.980 bits per heavy atom. The molecule has 2 aromatic carbocycles. The van der Waals surface area contributed by atoms with Gasteiger partial charge in [-0.05, 0) is 42.7 Å². The largest absolute Gasteiger partial charge is 0.508 e. The van der Waals surface area contributed by atoms with Gasteiger partial charge in [0.1, 0.15) is 17.2 Å². The highest BCUT2D eigenvalue weighted by Gasteiger charge is 2.60. The Hall–Kier alpha value is -5.66. The molecule has 1 aliphatic heterocycles. The molecule has 1 saturated carbocycles. The molecule has 0 unspecified atom stereocenters. The summed E-state index contributed by atoms with van der Waals surface area (Å²) in [6.45, 7) is 3.20. The van der Waals surface area contributed by atoms with E-state index in [1.54, 1.807) is 51.2 Å². The number of rotatable bonds is 7. The van der Waals surface area contributed by atoms with Crippen LogP contribution in [0.25, 0.3) is 11.0 Å². The lowest BCUT2D eigenvalue weighted by molar-refractivity contribution is -0.139. The van der Waals surface area contributed by atoms with Crippen LogP contribution in [0.15, 0.2) is 68.0 Å². The minimum atomic E-state index is -1.30. The highest BCUT2D eigenvalue weighted by Crippen LogP contribution is 2.61. The van der Waals surface area contributed by atoms with Crippen molar-refractivity contribution in [3.63, 3.8) is 0 Å². The van der Waals surface area contributed by atoms with Gasteiger partial charge in [0.2, 0.25) is 0 Å². The van der Waals surface area contributed by atoms with E-state index >= 15 is 0 Å². The van der Waals surface area contributed by atoms with Gasteiger partial charge in [-0.1, -0.05) is 19.1 Å². The minimum Gasteiger partial charge on any atom is -0.508 e. The van der Waals surface area contributed by atoms with Crippen molar-refractivity contribution in [3.8, 4) is 23.0 Å². The number of phenols is 1. The van der Waals surface area contributed by atoms with E-state index in [-0.39, 0.29) is 54.5 Å². The molecule has 2 aliphatic carbocycles. The molecular weight excluding hydrogens is 646 g/mol. The minimum absolute atomic E-state index is 0.00862. The average molecular weight is 684 g/mol. The molecule has 0 spiro atoms. The number of hydrogen-bond acceptors (Lipinski definition) is 10. The van der Waals surface area contributed by atoms with Crippen LogP contribution in [-0.4, -0.2) is 61.5 Å². The Balaban J connectivity index is 1.32. The summed E-state index contributed by atoms with van der Waals surface area (Å²) in [4.78, 5) is 73.7. The number of nitrogens with zero attached hydrogens (tertiary/aromatic N) is 5. The number of Topliss-reactive ketones (excluding diaryl/α,β-unsaturated/α-hetero) is 1. The number of carbonyl (C=O) groups is 2. The summed E-state index contributed by atoms with van der Waals surface area (Å²) in [7, 11) is 6.05. The second kappa shape index (κ2) is 11.7. The predicted octanol–water partition coefficient (Wildman–Crippen LogP) is 2.42. The summed E-state index contributed by atoms with van der Waals surface area (Å²) >= 11 is 0. The van der Waals surface area contributed by atoms with Gasteiger partial charge in [0.05, 0.1) is 50.4 Å². The van der Waals surface area contributed by atoms with E-state index in [0.717, 1.165) is 4.57 Å². The molecule has 0 amide bonds. The Morgan fingerprint density at radius 3 is 2.38 bits per heavy atom. The molecule has 1 N–H and O–H groups in total. The smallest absolute Gasteiger partial charge is 0.347 e. The van der Waals surface area contributed by atoms with Gasteiger partial charge in [-0.2, -0.15) is 0 Å². The van der Waals surface area contributed by atoms with Gasteiger partial charge in [-0.3, -0.25) is 14.4 Å². The third-order valence-electron chi connectivity index (χ3n) is 10.8. The molecule has 260 valence electrons. The molecule has 14 heteroatoms. The molecule has 7 rings (SSSR count). The van der Waals surface area contributed by atoms with E-state index in [9.17, 15) is 29.1 Å². The van der Waals surface area contributed by atoms with Crippen LogP contribution in [0.2, 0.25) is 0 Å². The summed E-state index contributed by atoms with van der Waals surface area (Å²) < 4.78 is 21.6. The van der Waals surface area contributed by atoms with E-state index in [2.05, 4.69) is 4.98 Å². The van der Waals surface area contributed by atoms with Gasteiger partial charge in [0, 0.05) is 49.5 Å². The van der Waals surface area contributed by atoms with Crippen molar-refractivity contribution in [2.24, 2.45) is 18.4 Å². The molecule has 0 saturated heterocycles. The maximum absolute atomic E-state index is 14.2. The second-order valence-corrected chi connectivity index (χ2v) is 13.2. The van der Waals surface area contributed by atoms with Crippen LogP contribution >= 0.6 is 0 Å². The highest BCUT2D eigenvalue weighted by molar-refractivity contribution is 6.13. The van der Waals surface area contributed by atoms with Gasteiger partial charge < -0.3 is 23.9 Å². The first-order valence-electron chi connectivity index (χ1n) is 16.2. The van der Waals surface area contributed by atoms with Crippen molar-refractivity contribution in [1.82, 2.24) is 23.5 Å². The monoisotopic (exact) mass is 683 g/mol. The van der Waals surface area contributed by atoms with Crippen LogP contribution in [0, 0.1) is 11.3 Å². The summed E-state index contributed by atoms with van der Waals surface area (Å²) in [6, 6.07) is 7.32. The topological polar surface area (TPSA) is 166 Å². The number of allylic oxidation sites excluding steroid dienone is 4. The Morgan fingerprint density at radius 2 is 1.68 bits per heavy atom. The number of fused-ring (bicyclic) bond motifs is 5. The van der Waals surface area contributed by atoms with Gasteiger partial charge in [-0.15, -0.1) is 0 Å². The normalized spacial score (nSPS) is 22.7. The molecule has 3 heterocycles. The van der Waals surface area contributed by atoms with Gasteiger partial charge in [-0.25, -0.2) is 28.5 Å². The van der Waals surface area contributed by atoms with E-state index < -0.39 is 34.7 Å². The zero-order chi connectivity index (χ0) is 35.8. The Labute approximate surface area is 285 Å². The summed E-state index contributed by atoms with van der Waals surface area (Å²) in [6.07, 6.45) is 3.24. The number of carbonyl (C=O) groups excluding carboxylic acids is 2. The van der Waals surface area contributed by atoms with Crippen molar-refractivity contribution in [2.45, 2.75) is 51.7 Å². The van der Waals surface area contributed by atoms with E-state index in [4.69, 9.17) is 14.2 Å². The first-order valence-corrected chi connectivity index (χ1v) is 16.2. The Bertz CT molecular complexity index is 2380. The fraction of sp³-hybridized carbons (Fsp3) is 0.389. The molecular formula is C36H37N5O9. The molecule has 4 atom stereocenters. The summed E-state index contributed by atoms with van der Waals surface area (Å²) in [5.74, 6) is -1.10. The van der Waals surface area contributed by atoms with Gasteiger partial charge in [0.15, 0.2) is 23.1 Å². The third-order valence-corrected chi connectivity index (χ3v) is 10.8. The van der Waals surface area contributed by atoms with Crippen molar-refractivity contribution in [1.29, 1.82) is 0 Å². The number of methoxy groups -OCH3 is 3. The third kappa shape index (κ3) is 4.53. The standard InChI is InChI=1S/C36H37N5O9/c1-18-14-29(43)36(2)20(32(18)44)15-23-19(31(36)30-25(42)8-7-9-26(30)48-4)10-13-40-34(46)39(35(47)41(23)40)12-11-21-33(45)38(3)24-17-28(50-6)27(49-5)16-22(24)37-21/h7-10,14,16-17,20,23,31,42H,11-13,15H2,1-6H3/t20-,23+,31+,36-/m0/s1. The van der Waals surface area contributed by atoms with Crippen LogP contribution in [0.1, 0.15) is 43.5 Å². The van der Waals surface area contributed by atoms with Crippen LogP contribution in [0.3, 0.4) is 0 Å². The zero-order valence-corrected chi connectivity index (χ0v) is 28.6. The highest BCUT2D eigenvalue weighted by atomic mass is 16.5. The number of aromatic nitrogens is 5. The molecule has 14 nitrogen and oxygen atoms in total. The molecule has 3 aliphatic rings. The van der Waals surface area contributed by atoms with Gasteiger partial charge >= 0.3 is 11.4 Å².